The van der Waals surface area contributed by atoms with Crippen LogP contribution in [-0.2, 0) is 10.3 Å². The zero-order valence-corrected chi connectivity index (χ0v) is 13.1. The highest BCUT2D eigenvalue weighted by Crippen LogP contribution is 2.47. The summed E-state index contributed by atoms with van der Waals surface area (Å²) in [4.78, 5) is 0. The van der Waals surface area contributed by atoms with E-state index in [2.05, 4.69) is 5.16 Å². The molecule has 1 heterocycles. The summed E-state index contributed by atoms with van der Waals surface area (Å²) in [5.41, 5.74) is 1.99. The van der Waals surface area contributed by atoms with Gasteiger partial charge in [0.15, 0.2) is 5.60 Å². The van der Waals surface area contributed by atoms with Crippen LogP contribution in [-0.4, -0.2) is 21.3 Å². The lowest BCUT2D eigenvalue weighted by Gasteiger charge is -2.30. The quantitative estimate of drug-likeness (QED) is 0.495. The van der Waals surface area contributed by atoms with Crippen molar-refractivity contribution in [2.24, 2.45) is 5.16 Å². The van der Waals surface area contributed by atoms with Gasteiger partial charge < -0.3 is 20.2 Å². The summed E-state index contributed by atoms with van der Waals surface area (Å²) in [6.07, 6.45) is 0. The Morgan fingerprint density at radius 1 is 0.720 bits per heavy atom. The minimum atomic E-state index is -1.04. The van der Waals surface area contributed by atoms with E-state index in [0.717, 1.165) is 16.7 Å². The number of oxime groups is 1. The van der Waals surface area contributed by atoms with E-state index < -0.39 is 5.60 Å². The fourth-order valence-corrected chi connectivity index (χ4v) is 3.29. The number of benzene rings is 3. The van der Waals surface area contributed by atoms with Crippen molar-refractivity contribution in [2.75, 3.05) is 0 Å². The Morgan fingerprint density at radius 2 is 1.24 bits per heavy atom. The van der Waals surface area contributed by atoms with Crippen LogP contribution >= 0.6 is 0 Å². The third-order valence-electron chi connectivity index (χ3n) is 4.43. The maximum absolute atomic E-state index is 9.65. The number of aromatic hydroxyl groups is 2. The molecule has 5 nitrogen and oxygen atoms in total. The van der Waals surface area contributed by atoms with E-state index in [4.69, 9.17) is 4.74 Å². The molecule has 0 fully saturated rings. The first-order chi connectivity index (χ1) is 12.1. The third kappa shape index (κ3) is 2.21. The molecule has 5 heteroatoms. The number of rotatable bonds is 2. The van der Waals surface area contributed by atoms with E-state index in [1.165, 1.54) is 0 Å². The van der Waals surface area contributed by atoms with Gasteiger partial charge in [0, 0.05) is 22.3 Å². The summed E-state index contributed by atoms with van der Waals surface area (Å²) < 4.78 is 6.16. The highest BCUT2D eigenvalue weighted by Gasteiger charge is 2.47. The fourth-order valence-electron chi connectivity index (χ4n) is 3.29. The average molecular weight is 333 g/mol. The molecule has 0 saturated heterocycles. The van der Waals surface area contributed by atoms with Crippen LogP contribution in [0.1, 0.15) is 22.3 Å². The molecule has 0 spiro atoms. The number of nitrogens with zero attached hydrogens (tertiary/aromatic N) is 1. The van der Waals surface area contributed by atoms with Crippen molar-refractivity contribution >= 4 is 5.90 Å². The van der Waals surface area contributed by atoms with Crippen molar-refractivity contribution in [3.63, 3.8) is 0 Å². The van der Waals surface area contributed by atoms with Crippen LogP contribution in [0.25, 0.3) is 0 Å². The van der Waals surface area contributed by atoms with Gasteiger partial charge in [-0.3, -0.25) is 0 Å². The largest absolute Gasteiger partial charge is 0.508 e. The summed E-state index contributed by atoms with van der Waals surface area (Å²) in [5.74, 6) is 0.413. The lowest BCUT2D eigenvalue weighted by molar-refractivity contribution is 0.147. The molecule has 0 aromatic heterocycles. The van der Waals surface area contributed by atoms with Crippen molar-refractivity contribution in [1.29, 1.82) is 0 Å². The molecule has 0 amide bonds. The first-order valence-corrected chi connectivity index (χ1v) is 7.75. The van der Waals surface area contributed by atoms with Crippen molar-refractivity contribution in [3.8, 4) is 11.5 Å². The second kappa shape index (κ2) is 5.56. The molecule has 0 bridgehead atoms. The molecule has 0 atom stereocenters. The number of ether oxygens (including phenoxy) is 1. The highest BCUT2D eigenvalue weighted by atomic mass is 16.5. The lowest BCUT2D eigenvalue weighted by atomic mass is 9.80. The van der Waals surface area contributed by atoms with Crippen molar-refractivity contribution in [2.45, 2.75) is 5.60 Å². The van der Waals surface area contributed by atoms with Crippen molar-refractivity contribution in [3.05, 3.63) is 95.1 Å². The zero-order chi connectivity index (χ0) is 17.4. The van der Waals surface area contributed by atoms with Crippen LogP contribution in [0, 0.1) is 0 Å². The maximum Gasteiger partial charge on any atom is 0.259 e. The summed E-state index contributed by atoms with van der Waals surface area (Å²) in [6, 6.07) is 20.8. The van der Waals surface area contributed by atoms with Gasteiger partial charge in [-0.1, -0.05) is 42.5 Å². The number of hydrogen-bond donors (Lipinski definition) is 3. The van der Waals surface area contributed by atoms with E-state index >= 15 is 0 Å². The molecule has 0 aliphatic carbocycles. The second-order valence-electron chi connectivity index (χ2n) is 5.83. The minimum absolute atomic E-state index is 0.122. The summed E-state index contributed by atoms with van der Waals surface area (Å²) in [6.45, 7) is 0. The molecule has 0 saturated carbocycles. The third-order valence-corrected chi connectivity index (χ3v) is 4.43. The van der Waals surface area contributed by atoms with E-state index in [-0.39, 0.29) is 17.4 Å². The molecule has 4 rings (SSSR count). The number of fused-ring (bicyclic) bond motifs is 1. The Balaban J connectivity index is 2.04. The Labute approximate surface area is 144 Å². The molecule has 124 valence electrons. The maximum atomic E-state index is 9.65. The Hall–Kier alpha value is -3.47. The van der Waals surface area contributed by atoms with E-state index in [1.54, 1.807) is 48.5 Å². The van der Waals surface area contributed by atoms with Gasteiger partial charge in [-0.2, -0.15) is 0 Å². The highest BCUT2D eigenvalue weighted by molar-refractivity contribution is 5.99. The van der Waals surface area contributed by atoms with E-state index in [9.17, 15) is 15.4 Å². The van der Waals surface area contributed by atoms with Crippen LogP contribution in [0.15, 0.2) is 78.0 Å². The Kier molecular flexibility index (Phi) is 3.35. The predicted octanol–water partition coefficient (Wildman–Crippen LogP) is 3.56. The lowest BCUT2D eigenvalue weighted by Crippen LogP contribution is -2.29. The van der Waals surface area contributed by atoms with Gasteiger partial charge in [0.2, 0.25) is 0 Å². The first kappa shape index (κ1) is 15.1. The van der Waals surface area contributed by atoms with Crippen molar-refractivity contribution < 1.29 is 20.2 Å². The van der Waals surface area contributed by atoms with Crippen LogP contribution in [0.5, 0.6) is 11.5 Å². The molecule has 3 aromatic carbocycles. The molecule has 1 aliphatic rings. The topological polar surface area (TPSA) is 82.3 Å². The van der Waals surface area contributed by atoms with Gasteiger partial charge in [0.05, 0.1) is 0 Å². The molecule has 0 unspecified atom stereocenters. The summed E-state index contributed by atoms with van der Waals surface area (Å²) >= 11 is 0. The zero-order valence-electron chi connectivity index (χ0n) is 13.1. The molecule has 1 aliphatic heterocycles. The standard InChI is InChI=1S/C20H15NO4/c22-15-9-5-13(6-10-15)20(14-7-11-16(23)12-8-14)18-4-2-1-3-17(18)19(21-24)25-20/h1-12,22-24H/b21-19-. The van der Waals surface area contributed by atoms with E-state index in [0.29, 0.717) is 5.56 Å². The second-order valence-corrected chi connectivity index (χ2v) is 5.83. The van der Waals surface area contributed by atoms with Crippen LogP contribution in [0.3, 0.4) is 0 Å². The summed E-state index contributed by atoms with van der Waals surface area (Å²) in [5, 5.41) is 32.0. The predicted molar refractivity (Wildman–Crippen MR) is 91.9 cm³/mol. The Morgan fingerprint density at radius 3 is 1.76 bits per heavy atom. The first-order valence-electron chi connectivity index (χ1n) is 7.75. The van der Waals surface area contributed by atoms with Crippen LogP contribution in [0.4, 0.5) is 0 Å². The van der Waals surface area contributed by atoms with Gasteiger partial charge in [-0.25, -0.2) is 0 Å². The summed E-state index contributed by atoms with van der Waals surface area (Å²) in [7, 11) is 0. The van der Waals surface area contributed by atoms with Gasteiger partial charge >= 0.3 is 0 Å². The normalized spacial score (nSPS) is 16.4. The molecular formula is C20H15NO4. The molecule has 3 N–H and O–H groups in total. The minimum Gasteiger partial charge on any atom is -0.508 e. The average Bonchev–Trinajstić information content (AvgIpc) is 2.99. The van der Waals surface area contributed by atoms with Crippen LogP contribution < -0.4 is 0 Å². The van der Waals surface area contributed by atoms with Crippen LogP contribution in [0.2, 0.25) is 0 Å². The number of phenolic OH excluding ortho intramolecular Hbond substituents is 2. The smallest absolute Gasteiger partial charge is 0.259 e. The van der Waals surface area contributed by atoms with Crippen molar-refractivity contribution in [1.82, 2.24) is 0 Å². The Bertz CT molecular complexity index is 901. The van der Waals surface area contributed by atoms with Gasteiger partial charge in [0.25, 0.3) is 5.90 Å². The number of phenols is 2. The van der Waals surface area contributed by atoms with E-state index in [1.807, 2.05) is 24.3 Å². The molecule has 25 heavy (non-hydrogen) atoms. The monoisotopic (exact) mass is 333 g/mol. The molecule has 0 radical (unpaired) electrons. The fraction of sp³-hybridized carbons (Fsp3) is 0.0500. The number of hydrogen-bond acceptors (Lipinski definition) is 5. The van der Waals surface area contributed by atoms with Gasteiger partial charge in [-0.05, 0) is 35.5 Å². The molecular weight excluding hydrogens is 318 g/mol. The van der Waals surface area contributed by atoms with Gasteiger partial charge in [-0.15, -0.1) is 0 Å². The van der Waals surface area contributed by atoms with Gasteiger partial charge in [0.1, 0.15) is 11.5 Å². The molecule has 3 aromatic rings. The SMILES string of the molecule is O/N=C1\OC(c2ccc(O)cc2)(c2ccc(O)cc2)c2ccccc21.